The Labute approximate surface area is 108 Å². The van der Waals surface area contributed by atoms with Crippen LogP contribution in [0.2, 0.25) is 0 Å². The van der Waals surface area contributed by atoms with Crippen molar-refractivity contribution in [2.24, 2.45) is 5.92 Å². The number of ether oxygens (including phenoxy) is 1. The minimum Gasteiger partial charge on any atom is -0.388 e. The molecule has 2 nitrogen and oxygen atoms in total. The first-order chi connectivity index (χ1) is 8.80. The lowest BCUT2D eigenvalue weighted by atomic mass is 9.90. The summed E-state index contributed by atoms with van der Waals surface area (Å²) >= 11 is 0. The summed E-state index contributed by atoms with van der Waals surface area (Å²) < 4.78 is 56.2. The second-order valence-electron chi connectivity index (χ2n) is 4.71. The van der Waals surface area contributed by atoms with Gasteiger partial charge >= 0.3 is 6.18 Å². The third-order valence-corrected chi connectivity index (χ3v) is 3.48. The van der Waals surface area contributed by atoms with E-state index in [2.05, 4.69) is 0 Å². The Bertz CT molecular complexity index is 458. The second-order valence-corrected chi connectivity index (χ2v) is 4.71. The van der Waals surface area contributed by atoms with Gasteiger partial charge in [-0.3, -0.25) is 0 Å². The minimum atomic E-state index is -4.77. The topological polar surface area (TPSA) is 29.5 Å². The van der Waals surface area contributed by atoms with Crippen LogP contribution in [0.1, 0.15) is 30.6 Å². The van der Waals surface area contributed by atoms with E-state index in [9.17, 15) is 22.7 Å². The van der Waals surface area contributed by atoms with Crippen LogP contribution < -0.4 is 0 Å². The highest BCUT2D eigenvalue weighted by Crippen LogP contribution is 2.37. The average Bonchev–Trinajstić information content (AvgIpc) is 2.73. The smallest absolute Gasteiger partial charge is 0.388 e. The molecular weight excluding hydrogens is 264 g/mol. The highest BCUT2D eigenvalue weighted by atomic mass is 19.4. The van der Waals surface area contributed by atoms with Gasteiger partial charge in [-0.15, -0.1) is 0 Å². The van der Waals surface area contributed by atoms with Crippen molar-refractivity contribution in [3.05, 3.63) is 35.1 Å². The van der Waals surface area contributed by atoms with Crippen LogP contribution in [0.25, 0.3) is 0 Å². The van der Waals surface area contributed by atoms with E-state index in [1.165, 1.54) is 6.07 Å². The van der Waals surface area contributed by atoms with Crippen LogP contribution in [0.15, 0.2) is 18.2 Å². The minimum absolute atomic E-state index is 0.0658. The van der Waals surface area contributed by atoms with Crippen LogP contribution in [0.5, 0.6) is 0 Å². The third kappa shape index (κ3) is 2.90. The molecular formula is C13H14F4O2. The molecule has 2 rings (SSSR count). The van der Waals surface area contributed by atoms with E-state index in [1.807, 2.05) is 0 Å². The molecule has 106 valence electrons. The number of rotatable bonds is 2. The highest BCUT2D eigenvalue weighted by Gasteiger charge is 2.36. The van der Waals surface area contributed by atoms with Crippen LogP contribution in [-0.2, 0) is 10.9 Å². The summed E-state index contributed by atoms with van der Waals surface area (Å²) in [5.41, 5.74) is -1.29. The van der Waals surface area contributed by atoms with E-state index in [0.717, 1.165) is 6.07 Å². The zero-order valence-corrected chi connectivity index (χ0v) is 10.2. The molecule has 0 spiro atoms. The van der Waals surface area contributed by atoms with Gasteiger partial charge in [-0.2, -0.15) is 13.2 Å². The Morgan fingerprint density at radius 3 is 2.58 bits per heavy atom. The van der Waals surface area contributed by atoms with Crippen molar-refractivity contribution < 1.29 is 27.4 Å². The van der Waals surface area contributed by atoms with E-state index in [1.54, 1.807) is 6.92 Å². The lowest BCUT2D eigenvalue weighted by molar-refractivity contribution is -0.140. The Morgan fingerprint density at radius 1 is 1.37 bits per heavy atom. The normalized spacial score (nSPS) is 25.6. The van der Waals surface area contributed by atoms with Gasteiger partial charge in [-0.1, -0.05) is 6.07 Å². The maximum Gasteiger partial charge on any atom is 0.419 e. The molecule has 1 aliphatic rings. The average molecular weight is 278 g/mol. The summed E-state index contributed by atoms with van der Waals surface area (Å²) in [6.45, 7) is 2.23. The lowest BCUT2D eigenvalue weighted by Crippen LogP contribution is -2.20. The lowest BCUT2D eigenvalue weighted by Gasteiger charge is -2.22. The van der Waals surface area contributed by atoms with Crippen LogP contribution in [0, 0.1) is 11.7 Å². The van der Waals surface area contributed by atoms with Crippen molar-refractivity contribution in [3.8, 4) is 0 Å². The third-order valence-electron chi connectivity index (χ3n) is 3.48. The first-order valence-corrected chi connectivity index (χ1v) is 5.97. The monoisotopic (exact) mass is 278 g/mol. The van der Waals surface area contributed by atoms with Crippen molar-refractivity contribution in [1.82, 2.24) is 0 Å². The highest BCUT2D eigenvalue weighted by molar-refractivity contribution is 5.29. The van der Waals surface area contributed by atoms with Gasteiger partial charge in [-0.05, 0) is 31.0 Å². The summed E-state index contributed by atoms with van der Waals surface area (Å²) in [5.74, 6) is -1.61. The van der Waals surface area contributed by atoms with Gasteiger partial charge in [0.05, 0.1) is 17.8 Å². The number of hydrogen-bond acceptors (Lipinski definition) is 2. The summed E-state index contributed by atoms with van der Waals surface area (Å²) in [6, 6.07) is 2.59. The van der Waals surface area contributed by atoms with E-state index < -0.39 is 23.7 Å². The predicted octanol–water partition coefficient (Wildman–Crippen LogP) is 3.30. The van der Waals surface area contributed by atoms with Gasteiger partial charge in [-0.25, -0.2) is 4.39 Å². The number of hydrogen-bond donors (Lipinski definition) is 1. The first-order valence-electron chi connectivity index (χ1n) is 5.97. The Hall–Kier alpha value is -1.14. The molecule has 0 radical (unpaired) electrons. The van der Waals surface area contributed by atoms with Gasteiger partial charge < -0.3 is 9.84 Å². The van der Waals surface area contributed by atoms with Crippen molar-refractivity contribution in [1.29, 1.82) is 0 Å². The number of benzene rings is 1. The molecule has 1 N–H and O–H groups in total. The van der Waals surface area contributed by atoms with Crippen LogP contribution in [-0.4, -0.2) is 17.8 Å². The molecule has 1 saturated heterocycles. The molecule has 1 aliphatic heterocycles. The van der Waals surface area contributed by atoms with Crippen LogP contribution >= 0.6 is 0 Å². The van der Waals surface area contributed by atoms with Crippen molar-refractivity contribution in [3.63, 3.8) is 0 Å². The summed E-state index contributed by atoms with van der Waals surface area (Å²) in [7, 11) is 0. The fraction of sp³-hybridized carbons (Fsp3) is 0.538. The Balaban J connectivity index is 2.30. The Kier molecular flexibility index (Phi) is 3.82. The zero-order valence-electron chi connectivity index (χ0n) is 10.2. The number of alkyl halides is 3. The van der Waals surface area contributed by atoms with E-state index >= 15 is 0 Å². The SMILES string of the molecule is CC1OCCC1C(O)c1ccc(F)c(C(F)(F)F)c1. The molecule has 6 heteroatoms. The molecule has 1 aromatic rings. The van der Waals surface area contributed by atoms with Gasteiger partial charge in [0.15, 0.2) is 0 Å². The first kappa shape index (κ1) is 14.3. The molecule has 19 heavy (non-hydrogen) atoms. The van der Waals surface area contributed by atoms with Crippen molar-refractivity contribution in [2.75, 3.05) is 6.61 Å². The zero-order chi connectivity index (χ0) is 14.2. The van der Waals surface area contributed by atoms with Gasteiger partial charge in [0.2, 0.25) is 0 Å². The number of aliphatic hydroxyl groups is 1. The van der Waals surface area contributed by atoms with Crippen molar-refractivity contribution >= 4 is 0 Å². The van der Waals surface area contributed by atoms with Crippen LogP contribution in [0.3, 0.4) is 0 Å². The summed E-state index contributed by atoms with van der Waals surface area (Å²) in [4.78, 5) is 0. The predicted molar refractivity (Wildman–Crippen MR) is 59.9 cm³/mol. The summed E-state index contributed by atoms with van der Waals surface area (Å²) in [6.07, 6.45) is -5.51. The number of halogens is 4. The quantitative estimate of drug-likeness (QED) is 0.841. The molecule has 0 aliphatic carbocycles. The molecule has 1 fully saturated rings. The van der Waals surface area contributed by atoms with Gasteiger partial charge in [0.1, 0.15) is 5.82 Å². The fourth-order valence-corrected chi connectivity index (χ4v) is 2.35. The fourth-order valence-electron chi connectivity index (χ4n) is 2.35. The maximum atomic E-state index is 13.2. The Morgan fingerprint density at radius 2 is 2.05 bits per heavy atom. The van der Waals surface area contributed by atoms with Gasteiger partial charge in [0.25, 0.3) is 0 Å². The van der Waals surface area contributed by atoms with E-state index in [-0.39, 0.29) is 17.6 Å². The molecule has 3 atom stereocenters. The molecule has 0 bridgehead atoms. The maximum absolute atomic E-state index is 13.2. The molecule has 3 unspecified atom stereocenters. The van der Waals surface area contributed by atoms with E-state index in [4.69, 9.17) is 4.74 Å². The molecule has 0 aromatic heterocycles. The van der Waals surface area contributed by atoms with Crippen molar-refractivity contribution in [2.45, 2.75) is 31.7 Å². The second kappa shape index (κ2) is 5.09. The molecule has 1 heterocycles. The summed E-state index contributed by atoms with van der Waals surface area (Å²) in [5, 5.41) is 10.1. The molecule has 0 saturated carbocycles. The molecule has 1 aromatic carbocycles. The van der Waals surface area contributed by atoms with Gasteiger partial charge in [0, 0.05) is 12.5 Å². The van der Waals surface area contributed by atoms with Crippen LogP contribution in [0.4, 0.5) is 17.6 Å². The van der Waals surface area contributed by atoms with E-state index in [0.29, 0.717) is 19.1 Å². The largest absolute Gasteiger partial charge is 0.419 e. The number of aliphatic hydroxyl groups excluding tert-OH is 1. The standard InChI is InChI=1S/C13H14F4O2/c1-7-9(4-5-19-7)12(18)8-2-3-11(14)10(6-8)13(15,16)17/h2-3,6-7,9,12,18H,4-5H2,1H3. The molecule has 0 amide bonds.